The summed E-state index contributed by atoms with van der Waals surface area (Å²) < 4.78 is 4.59. The van der Waals surface area contributed by atoms with Crippen LogP contribution in [0.3, 0.4) is 0 Å². The van der Waals surface area contributed by atoms with Gasteiger partial charge in [-0.15, -0.1) is 11.6 Å². The van der Waals surface area contributed by atoms with E-state index in [-0.39, 0.29) is 5.97 Å². The van der Waals surface area contributed by atoms with Crippen molar-refractivity contribution in [1.82, 2.24) is 4.98 Å². The molecule has 0 saturated heterocycles. The average Bonchev–Trinajstić information content (AvgIpc) is 2.29. The Bertz CT molecular complexity index is 363. The molecular formula is C11H12ClNO2. The number of ether oxygens (including phenoxy) is 1. The van der Waals surface area contributed by atoms with Gasteiger partial charge in [-0.05, 0) is 18.1 Å². The number of carbonyl (C=O) groups excluding carboxylic acids is 1. The van der Waals surface area contributed by atoms with Crippen LogP contribution < -0.4 is 0 Å². The minimum absolute atomic E-state index is 0.380. The van der Waals surface area contributed by atoms with E-state index < -0.39 is 0 Å². The maximum atomic E-state index is 11.2. The lowest BCUT2D eigenvalue weighted by atomic mass is 10.2. The van der Waals surface area contributed by atoms with Gasteiger partial charge in [0.15, 0.2) is 0 Å². The lowest BCUT2D eigenvalue weighted by Gasteiger charge is -1.99. The predicted molar refractivity (Wildman–Crippen MR) is 59.9 cm³/mol. The molecule has 1 rings (SSSR count). The minimum Gasteiger partial charge on any atom is -0.465 e. The van der Waals surface area contributed by atoms with Gasteiger partial charge in [0.1, 0.15) is 0 Å². The van der Waals surface area contributed by atoms with Crippen LogP contribution in [0.15, 0.2) is 24.5 Å². The van der Waals surface area contributed by atoms with Crippen LogP contribution in [0.4, 0.5) is 0 Å². The number of allylic oxidation sites excluding steroid dienone is 1. The van der Waals surface area contributed by atoms with Crippen LogP contribution in [0.5, 0.6) is 0 Å². The molecule has 0 unspecified atom stereocenters. The lowest BCUT2D eigenvalue weighted by Crippen LogP contribution is -2.01. The number of alkyl halides is 1. The highest BCUT2D eigenvalue weighted by molar-refractivity contribution is 6.17. The summed E-state index contributed by atoms with van der Waals surface area (Å²) >= 11 is 5.53. The number of esters is 1. The number of rotatable bonds is 4. The van der Waals surface area contributed by atoms with Crippen molar-refractivity contribution in [2.45, 2.75) is 6.42 Å². The molecule has 0 saturated carbocycles. The highest BCUT2D eigenvalue weighted by Crippen LogP contribution is 2.06. The number of hydrogen-bond acceptors (Lipinski definition) is 3. The van der Waals surface area contributed by atoms with Crippen LogP contribution >= 0.6 is 11.6 Å². The molecule has 0 aromatic carbocycles. The van der Waals surface area contributed by atoms with Crippen LogP contribution in [0.1, 0.15) is 22.3 Å². The van der Waals surface area contributed by atoms with Crippen molar-refractivity contribution in [3.63, 3.8) is 0 Å². The Morgan fingerprint density at radius 2 is 2.40 bits per heavy atom. The van der Waals surface area contributed by atoms with E-state index in [0.29, 0.717) is 11.4 Å². The third-order valence-corrected chi connectivity index (χ3v) is 1.98. The van der Waals surface area contributed by atoms with Gasteiger partial charge in [0.2, 0.25) is 0 Å². The fraction of sp³-hybridized carbons (Fsp3) is 0.273. The van der Waals surface area contributed by atoms with E-state index >= 15 is 0 Å². The zero-order valence-corrected chi connectivity index (χ0v) is 9.20. The van der Waals surface area contributed by atoms with Crippen molar-refractivity contribution in [3.05, 3.63) is 35.7 Å². The Hall–Kier alpha value is -1.35. The Labute approximate surface area is 93.7 Å². The fourth-order valence-electron chi connectivity index (χ4n) is 1.06. The Balaban J connectivity index is 2.78. The van der Waals surface area contributed by atoms with Crippen molar-refractivity contribution in [1.29, 1.82) is 0 Å². The third kappa shape index (κ3) is 3.72. The number of aromatic nitrogens is 1. The van der Waals surface area contributed by atoms with Crippen LogP contribution in [-0.2, 0) is 4.74 Å². The fourth-order valence-corrected chi connectivity index (χ4v) is 1.19. The van der Waals surface area contributed by atoms with Crippen LogP contribution in [0.25, 0.3) is 6.08 Å². The van der Waals surface area contributed by atoms with E-state index in [1.54, 1.807) is 12.3 Å². The van der Waals surface area contributed by atoms with Crippen LogP contribution in [0.2, 0.25) is 0 Å². The van der Waals surface area contributed by atoms with Crippen molar-refractivity contribution >= 4 is 23.6 Å². The smallest absolute Gasteiger partial charge is 0.339 e. The summed E-state index contributed by atoms with van der Waals surface area (Å²) in [7, 11) is 1.35. The number of pyridine rings is 1. The van der Waals surface area contributed by atoms with Gasteiger partial charge < -0.3 is 4.74 Å². The molecule has 1 aromatic heterocycles. The summed E-state index contributed by atoms with van der Waals surface area (Å²) in [6.45, 7) is 0. The average molecular weight is 226 g/mol. The topological polar surface area (TPSA) is 39.2 Å². The summed E-state index contributed by atoms with van der Waals surface area (Å²) in [6, 6.07) is 1.73. The van der Waals surface area contributed by atoms with Crippen molar-refractivity contribution in [3.8, 4) is 0 Å². The summed E-state index contributed by atoms with van der Waals surface area (Å²) in [4.78, 5) is 15.1. The largest absolute Gasteiger partial charge is 0.465 e. The molecular weight excluding hydrogens is 214 g/mol. The van der Waals surface area contributed by atoms with Gasteiger partial charge in [0.25, 0.3) is 0 Å². The monoisotopic (exact) mass is 225 g/mol. The molecule has 1 heterocycles. The van der Waals surface area contributed by atoms with Gasteiger partial charge in [-0.2, -0.15) is 0 Å². The van der Waals surface area contributed by atoms with Crippen molar-refractivity contribution < 1.29 is 9.53 Å². The maximum Gasteiger partial charge on any atom is 0.339 e. The Kier molecular flexibility index (Phi) is 4.84. The zero-order chi connectivity index (χ0) is 11.1. The molecule has 15 heavy (non-hydrogen) atoms. The second-order valence-corrected chi connectivity index (χ2v) is 3.26. The van der Waals surface area contributed by atoms with E-state index in [0.717, 1.165) is 12.0 Å². The first-order chi connectivity index (χ1) is 7.27. The minimum atomic E-state index is -0.380. The highest BCUT2D eigenvalue weighted by atomic mass is 35.5. The molecule has 0 atom stereocenters. The molecule has 0 bridgehead atoms. The third-order valence-electron chi connectivity index (χ3n) is 1.77. The molecule has 0 aliphatic rings. The van der Waals surface area contributed by atoms with Crippen molar-refractivity contribution in [2.75, 3.05) is 13.0 Å². The lowest BCUT2D eigenvalue weighted by molar-refractivity contribution is 0.0600. The van der Waals surface area contributed by atoms with E-state index in [1.807, 2.05) is 12.2 Å². The second kappa shape index (κ2) is 6.19. The standard InChI is InChI=1S/C11H12ClNO2/c1-15-11(14)10-6-9(7-13-8-10)4-2-3-5-12/h2,4,6-8H,3,5H2,1H3. The Morgan fingerprint density at radius 1 is 1.60 bits per heavy atom. The molecule has 3 nitrogen and oxygen atoms in total. The number of carbonyl (C=O) groups is 1. The summed E-state index contributed by atoms with van der Waals surface area (Å²) in [5.41, 5.74) is 1.31. The number of hydrogen-bond donors (Lipinski definition) is 0. The first-order valence-corrected chi connectivity index (χ1v) is 5.07. The van der Waals surface area contributed by atoms with Crippen molar-refractivity contribution in [2.24, 2.45) is 0 Å². The van der Waals surface area contributed by atoms with Gasteiger partial charge in [-0.1, -0.05) is 12.2 Å². The van der Waals surface area contributed by atoms with Gasteiger partial charge in [-0.3, -0.25) is 4.98 Å². The van der Waals surface area contributed by atoms with E-state index in [9.17, 15) is 4.79 Å². The summed E-state index contributed by atoms with van der Waals surface area (Å²) in [5.74, 6) is 0.204. The molecule has 1 aromatic rings. The maximum absolute atomic E-state index is 11.2. The number of methoxy groups -OCH3 is 1. The number of nitrogens with zero attached hydrogens (tertiary/aromatic N) is 1. The van der Waals surface area contributed by atoms with Crippen LogP contribution in [0, 0.1) is 0 Å². The Morgan fingerprint density at radius 3 is 3.07 bits per heavy atom. The SMILES string of the molecule is COC(=O)c1cncc(C=CCCCl)c1. The van der Waals surface area contributed by atoms with Crippen LogP contribution in [-0.4, -0.2) is 23.9 Å². The molecule has 0 fully saturated rings. The molecule has 0 spiro atoms. The molecule has 4 heteroatoms. The molecule has 0 radical (unpaired) electrons. The highest BCUT2D eigenvalue weighted by Gasteiger charge is 2.04. The zero-order valence-electron chi connectivity index (χ0n) is 8.44. The van der Waals surface area contributed by atoms with Gasteiger partial charge in [-0.25, -0.2) is 4.79 Å². The molecule has 80 valence electrons. The molecule has 0 aliphatic carbocycles. The number of halogens is 1. The van der Waals surface area contributed by atoms with Gasteiger partial charge >= 0.3 is 5.97 Å². The van der Waals surface area contributed by atoms with E-state index in [1.165, 1.54) is 13.3 Å². The predicted octanol–water partition coefficient (Wildman–Crippen LogP) is 2.51. The van der Waals surface area contributed by atoms with E-state index in [2.05, 4.69) is 9.72 Å². The van der Waals surface area contributed by atoms with Gasteiger partial charge in [0, 0.05) is 18.3 Å². The normalized spacial score (nSPS) is 10.5. The first-order valence-electron chi connectivity index (χ1n) is 4.54. The van der Waals surface area contributed by atoms with Gasteiger partial charge in [0.05, 0.1) is 12.7 Å². The molecule has 0 amide bonds. The first kappa shape index (κ1) is 11.7. The molecule has 0 N–H and O–H groups in total. The summed E-state index contributed by atoms with van der Waals surface area (Å²) in [6.07, 6.45) is 7.76. The molecule has 0 aliphatic heterocycles. The summed E-state index contributed by atoms with van der Waals surface area (Å²) in [5, 5.41) is 0. The quantitative estimate of drug-likeness (QED) is 0.584. The van der Waals surface area contributed by atoms with E-state index in [4.69, 9.17) is 11.6 Å². The second-order valence-electron chi connectivity index (χ2n) is 2.88.